The molecule has 0 saturated carbocycles. The van der Waals surface area contributed by atoms with Gasteiger partial charge >= 0.3 is 0 Å². The van der Waals surface area contributed by atoms with E-state index >= 15 is 0 Å². The highest BCUT2D eigenvalue weighted by molar-refractivity contribution is 7.85. The van der Waals surface area contributed by atoms with Crippen LogP contribution in [0.5, 0.6) is 0 Å². The molecule has 0 fully saturated rings. The van der Waals surface area contributed by atoms with Crippen molar-refractivity contribution in [2.75, 3.05) is 7.05 Å². The minimum absolute atomic E-state index is 0.0600. The largest absolute Gasteiger partial charge is 0.312 e. The van der Waals surface area contributed by atoms with Crippen LogP contribution in [0, 0.1) is 0 Å². The maximum absolute atomic E-state index is 12.8. The molecular formula is C17H21NOS. The molecule has 20 heavy (non-hydrogen) atoms. The normalized spacial score (nSPS) is 15.5. The summed E-state index contributed by atoms with van der Waals surface area (Å²) in [5, 5.41) is 3.39. The van der Waals surface area contributed by atoms with Gasteiger partial charge in [-0.05, 0) is 31.2 Å². The quantitative estimate of drug-likeness (QED) is 0.880. The summed E-state index contributed by atoms with van der Waals surface area (Å²) < 4.78 is 12.8. The number of hydrogen-bond donors (Lipinski definition) is 1. The van der Waals surface area contributed by atoms with Crippen molar-refractivity contribution in [3.8, 4) is 0 Å². The van der Waals surface area contributed by atoms with Crippen molar-refractivity contribution in [2.45, 2.75) is 29.5 Å². The molecule has 2 rings (SSSR count). The molecule has 0 radical (unpaired) electrons. The van der Waals surface area contributed by atoms with E-state index in [1.165, 1.54) is 5.56 Å². The second kappa shape index (κ2) is 7.36. The minimum Gasteiger partial charge on any atom is -0.312 e. The van der Waals surface area contributed by atoms with E-state index in [1.807, 2.05) is 55.6 Å². The molecule has 2 aromatic rings. The summed E-state index contributed by atoms with van der Waals surface area (Å²) in [6.07, 6.45) is 0.863. The average Bonchev–Trinajstić information content (AvgIpc) is 2.53. The van der Waals surface area contributed by atoms with Gasteiger partial charge in [0.05, 0.1) is 16.0 Å². The van der Waals surface area contributed by atoms with E-state index in [0.717, 1.165) is 11.3 Å². The first-order chi connectivity index (χ1) is 9.77. The molecule has 2 aromatic carbocycles. The van der Waals surface area contributed by atoms with Gasteiger partial charge in [-0.3, -0.25) is 4.21 Å². The van der Waals surface area contributed by atoms with Crippen LogP contribution in [0.15, 0.2) is 65.6 Å². The predicted octanol–water partition coefficient (Wildman–Crippen LogP) is 3.53. The first kappa shape index (κ1) is 14.9. The summed E-state index contributed by atoms with van der Waals surface area (Å²) in [7, 11) is 0.919. The summed E-state index contributed by atoms with van der Waals surface area (Å²) in [5.74, 6) is 0. The third-order valence-corrected chi connectivity index (χ3v) is 5.39. The highest BCUT2D eigenvalue weighted by Gasteiger charge is 2.26. The molecule has 3 atom stereocenters. The third-order valence-electron chi connectivity index (χ3n) is 3.49. The van der Waals surface area contributed by atoms with Crippen LogP contribution in [0.2, 0.25) is 0 Å². The van der Waals surface area contributed by atoms with Crippen LogP contribution in [0.25, 0.3) is 0 Å². The van der Waals surface area contributed by atoms with Crippen molar-refractivity contribution in [3.05, 3.63) is 66.2 Å². The van der Waals surface area contributed by atoms with Crippen LogP contribution >= 0.6 is 0 Å². The molecule has 3 heteroatoms. The molecule has 1 N–H and O–H groups in total. The van der Waals surface area contributed by atoms with Gasteiger partial charge in [-0.1, -0.05) is 55.5 Å². The Morgan fingerprint density at radius 1 is 1.00 bits per heavy atom. The molecule has 0 bridgehead atoms. The number of hydrogen-bond acceptors (Lipinski definition) is 2. The zero-order chi connectivity index (χ0) is 14.4. The second-order valence-corrected chi connectivity index (χ2v) is 6.41. The number of benzene rings is 2. The zero-order valence-corrected chi connectivity index (χ0v) is 12.8. The van der Waals surface area contributed by atoms with Gasteiger partial charge in [0.1, 0.15) is 0 Å². The van der Waals surface area contributed by atoms with E-state index in [9.17, 15) is 4.21 Å². The molecular weight excluding hydrogens is 266 g/mol. The third kappa shape index (κ3) is 3.35. The van der Waals surface area contributed by atoms with Crippen LogP contribution in [0.3, 0.4) is 0 Å². The molecule has 3 unspecified atom stereocenters. The maximum atomic E-state index is 12.8. The molecule has 0 amide bonds. The summed E-state index contributed by atoms with van der Waals surface area (Å²) in [4.78, 5) is 0.899. The van der Waals surface area contributed by atoms with Gasteiger partial charge in [0.2, 0.25) is 0 Å². The van der Waals surface area contributed by atoms with Gasteiger partial charge in [0.15, 0.2) is 0 Å². The van der Waals surface area contributed by atoms with Crippen molar-refractivity contribution >= 4 is 10.8 Å². The Bertz CT molecular complexity index is 541. The highest BCUT2D eigenvalue weighted by Crippen LogP contribution is 2.26. The van der Waals surface area contributed by atoms with Gasteiger partial charge in [-0.2, -0.15) is 0 Å². The Labute approximate surface area is 123 Å². The fourth-order valence-electron chi connectivity index (χ4n) is 2.47. The molecule has 0 aliphatic rings. The van der Waals surface area contributed by atoms with Crippen LogP contribution in [0.1, 0.15) is 24.9 Å². The van der Waals surface area contributed by atoms with Crippen molar-refractivity contribution in [1.82, 2.24) is 5.32 Å². The molecule has 0 spiro atoms. The maximum Gasteiger partial charge on any atom is 0.0586 e. The van der Waals surface area contributed by atoms with E-state index in [0.29, 0.717) is 0 Å². The van der Waals surface area contributed by atoms with E-state index < -0.39 is 10.8 Å². The van der Waals surface area contributed by atoms with Gasteiger partial charge < -0.3 is 5.32 Å². The van der Waals surface area contributed by atoms with Crippen molar-refractivity contribution < 1.29 is 4.21 Å². The Hall–Kier alpha value is -1.45. The minimum atomic E-state index is -1.01. The van der Waals surface area contributed by atoms with Gasteiger partial charge in [-0.25, -0.2) is 0 Å². The monoisotopic (exact) mass is 287 g/mol. The number of nitrogens with one attached hydrogen (secondary N) is 1. The van der Waals surface area contributed by atoms with E-state index in [4.69, 9.17) is 0 Å². The summed E-state index contributed by atoms with van der Waals surface area (Å²) in [6.45, 7) is 2.10. The molecule has 0 aromatic heterocycles. The van der Waals surface area contributed by atoms with Gasteiger partial charge in [-0.15, -0.1) is 0 Å². The molecule has 0 aliphatic heterocycles. The van der Waals surface area contributed by atoms with Crippen molar-refractivity contribution in [3.63, 3.8) is 0 Å². The summed E-state index contributed by atoms with van der Waals surface area (Å²) in [5.41, 5.74) is 1.19. The van der Waals surface area contributed by atoms with Crippen LogP contribution in [-0.4, -0.2) is 16.5 Å². The lowest BCUT2D eigenvalue weighted by Crippen LogP contribution is -2.32. The Kier molecular flexibility index (Phi) is 5.50. The molecule has 106 valence electrons. The average molecular weight is 287 g/mol. The lowest BCUT2D eigenvalue weighted by Gasteiger charge is -2.26. The van der Waals surface area contributed by atoms with Crippen LogP contribution in [0.4, 0.5) is 0 Å². The van der Waals surface area contributed by atoms with Gasteiger partial charge in [0.25, 0.3) is 0 Å². The van der Waals surface area contributed by atoms with E-state index in [2.05, 4.69) is 24.4 Å². The molecule has 2 nitrogen and oxygen atoms in total. The SMILES string of the molecule is CCC(C(NC)c1ccccc1)S(=O)c1ccccc1. The van der Waals surface area contributed by atoms with Crippen LogP contribution in [-0.2, 0) is 10.8 Å². The molecule has 0 aliphatic carbocycles. The highest BCUT2D eigenvalue weighted by atomic mass is 32.2. The Morgan fingerprint density at radius 2 is 1.55 bits per heavy atom. The standard InChI is InChI=1S/C17H21NOS/c1-3-16(20(19)15-12-8-5-9-13-15)17(18-2)14-10-6-4-7-11-14/h4-13,16-18H,3H2,1-2H3. The van der Waals surface area contributed by atoms with Crippen molar-refractivity contribution in [2.24, 2.45) is 0 Å². The first-order valence-corrected chi connectivity index (χ1v) is 8.17. The van der Waals surface area contributed by atoms with Gasteiger partial charge in [0, 0.05) is 10.9 Å². The van der Waals surface area contributed by atoms with E-state index in [-0.39, 0.29) is 11.3 Å². The Morgan fingerprint density at radius 3 is 2.05 bits per heavy atom. The lowest BCUT2D eigenvalue weighted by atomic mass is 10.0. The van der Waals surface area contributed by atoms with Crippen LogP contribution < -0.4 is 5.32 Å². The van der Waals surface area contributed by atoms with E-state index in [1.54, 1.807) is 0 Å². The summed E-state index contributed by atoms with van der Waals surface area (Å²) in [6, 6.07) is 20.1. The molecule has 0 saturated heterocycles. The lowest BCUT2D eigenvalue weighted by molar-refractivity contribution is 0.539. The first-order valence-electron chi connectivity index (χ1n) is 6.95. The summed E-state index contributed by atoms with van der Waals surface area (Å²) >= 11 is 0. The zero-order valence-electron chi connectivity index (χ0n) is 12.0. The second-order valence-electron chi connectivity index (χ2n) is 4.73. The Balaban J connectivity index is 2.29. The van der Waals surface area contributed by atoms with Crippen molar-refractivity contribution in [1.29, 1.82) is 0 Å². The molecule has 0 heterocycles. The fraction of sp³-hybridized carbons (Fsp3) is 0.294. The smallest absolute Gasteiger partial charge is 0.0586 e. The number of rotatable bonds is 6. The fourth-order valence-corrected chi connectivity index (χ4v) is 4.09. The topological polar surface area (TPSA) is 29.1 Å². The predicted molar refractivity (Wildman–Crippen MR) is 85.2 cm³/mol.